The first-order chi connectivity index (χ1) is 12.9. The lowest BCUT2D eigenvalue weighted by atomic mass is 10.1. The molecule has 0 radical (unpaired) electrons. The van der Waals surface area contributed by atoms with Crippen LogP contribution in [0.25, 0.3) is 11.0 Å². The van der Waals surface area contributed by atoms with Crippen LogP contribution in [0.2, 0.25) is 0 Å². The number of hydrogen-bond donors (Lipinski definition) is 1. The predicted molar refractivity (Wildman–Crippen MR) is 97.9 cm³/mol. The Balaban J connectivity index is 1.44. The predicted octanol–water partition coefficient (Wildman–Crippen LogP) is 4.19. The molecule has 1 fully saturated rings. The average molecular weight is 351 g/mol. The number of hydrogen-bond acceptors (Lipinski definition) is 6. The van der Waals surface area contributed by atoms with Crippen LogP contribution < -0.4 is 14.8 Å². The molecule has 26 heavy (non-hydrogen) atoms. The number of fused-ring (bicyclic) bond motifs is 2. The smallest absolute Gasteiger partial charge is 0.231 e. The summed E-state index contributed by atoms with van der Waals surface area (Å²) in [5, 5.41) is 8.84. The second kappa shape index (κ2) is 6.48. The molecule has 2 aliphatic rings. The number of anilines is 2. The summed E-state index contributed by atoms with van der Waals surface area (Å²) in [5.74, 6) is 2.06. The molecule has 0 spiro atoms. The minimum Gasteiger partial charge on any atom is -0.454 e. The van der Waals surface area contributed by atoms with Crippen molar-refractivity contribution in [3.05, 3.63) is 30.6 Å². The Hall–Kier alpha value is -2.83. The van der Waals surface area contributed by atoms with Crippen molar-refractivity contribution < 1.29 is 9.47 Å². The summed E-state index contributed by atoms with van der Waals surface area (Å²) in [6.45, 7) is 0.266. The number of nitrogens with zero attached hydrogens (tertiary/aromatic N) is 4. The lowest BCUT2D eigenvalue weighted by molar-refractivity contribution is 0.174. The number of nitrogens with one attached hydrogen (secondary N) is 1. The quantitative estimate of drug-likeness (QED) is 0.713. The molecule has 1 saturated carbocycles. The van der Waals surface area contributed by atoms with Crippen LogP contribution in [0, 0.1) is 0 Å². The Morgan fingerprint density at radius 3 is 2.73 bits per heavy atom. The van der Waals surface area contributed by atoms with Crippen molar-refractivity contribution in [3.63, 3.8) is 0 Å². The van der Waals surface area contributed by atoms with E-state index in [1.807, 2.05) is 30.6 Å². The fraction of sp³-hybridized carbons (Fsp3) is 0.421. The van der Waals surface area contributed by atoms with Gasteiger partial charge in [0.25, 0.3) is 0 Å². The van der Waals surface area contributed by atoms with Gasteiger partial charge < -0.3 is 14.8 Å². The summed E-state index contributed by atoms with van der Waals surface area (Å²) in [4.78, 5) is 9.16. The summed E-state index contributed by atoms with van der Waals surface area (Å²) in [7, 11) is 0. The van der Waals surface area contributed by atoms with Gasteiger partial charge in [0.2, 0.25) is 12.7 Å². The van der Waals surface area contributed by atoms with E-state index in [1.54, 1.807) is 0 Å². The summed E-state index contributed by atoms with van der Waals surface area (Å²) < 4.78 is 12.9. The molecule has 1 aromatic carbocycles. The molecule has 7 nitrogen and oxygen atoms in total. The van der Waals surface area contributed by atoms with Gasteiger partial charge in [-0.3, -0.25) is 0 Å². The normalized spacial score (nSPS) is 17.4. The van der Waals surface area contributed by atoms with Gasteiger partial charge in [-0.25, -0.2) is 9.67 Å². The second-order valence-electron chi connectivity index (χ2n) is 6.90. The third kappa shape index (κ3) is 2.83. The lowest BCUT2D eigenvalue weighted by Gasteiger charge is -2.15. The molecule has 1 aliphatic heterocycles. The first-order valence-corrected chi connectivity index (χ1v) is 9.24. The molecule has 7 heteroatoms. The molecule has 0 bridgehead atoms. The summed E-state index contributed by atoms with van der Waals surface area (Å²) >= 11 is 0. The van der Waals surface area contributed by atoms with Gasteiger partial charge in [-0.1, -0.05) is 25.7 Å². The van der Waals surface area contributed by atoms with Crippen molar-refractivity contribution >= 4 is 22.7 Å². The maximum atomic E-state index is 5.43. The highest BCUT2D eigenvalue weighted by Gasteiger charge is 2.19. The largest absolute Gasteiger partial charge is 0.454 e. The van der Waals surface area contributed by atoms with Crippen LogP contribution in [-0.4, -0.2) is 26.5 Å². The first kappa shape index (κ1) is 15.4. The van der Waals surface area contributed by atoms with E-state index in [4.69, 9.17) is 14.5 Å². The average Bonchev–Trinajstić information content (AvgIpc) is 3.20. The summed E-state index contributed by atoms with van der Waals surface area (Å²) in [5.41, 5.74) is 1.77. The molecule has 2 aromatic heterocycles. The molecule has 134 valence electrons. The van der Waals surface area contributed by atoms with E-state index in [-0.39, 0.29) is 6.79 Å². The third-order valence-electron chi connectivity index (χ3n) is 5.13. The van der Waals surface area contributed by atoms with Crippen LogP contribution in [0.5, 0.6) is 11.5 Å². The number of aromatic nitrogens is 4. The molecule has 0 saturated heterocycles. The summed E-state index contributed by atoms with van der Waals surface area (Å²) in [6, 6.07) is 6.16. The highest BCUT2D eigenvalue weighted by molar-refractivity contribution is 5.75. The molecule has 0 atom stereocenters. The van der Waals surface area contributed by atoms with E-state index < -0.39 is 0 Å². The molecule has 3 aromatic rings. The molecule has 1 N–H and O–H groups in total. The molecular weight excluding hydrogens is 330 g/mol. The zero-order chi connectivity index (χ0) is 17.3. The van der Waals surface area contributed by atoms with Crippen molar-refractivity contribution in [2.45, 2.75) is 44.6 Å². The number of ether oxygens (including phenoxy) is 2. The minimum absolute atomic E-state index is 0.266. The van der Waals surface area contributed by atoms with Gasteiger partial charge in [-0.2, -0.15) is 10.1 Å². The fourth-order valence-corrected chi connectivity index (χ4v) is 3.77. The first-order valence-electron chi connectivity index (χ1n) is 9.24. The molecule has 5 rings (SSSR count). The van der Waals surface area contributed by atoms with Gasteiger partial charge >= 0.3 is 0 Å². The minimum atomic E-state index is 0.266. The van der Waals surface area contributed by atoms with Crippen LogP contribution in [0.1, 0.15) is 44.6 Å². The van der Waals surface area contributed by atoms with E-state index in [1.165, 1.54) is 38.5 Å². The van der Waals surface area contributed by atoms with Crippen molar-refractivity contribution in [2.24, 2.45) is 0 Å². The van der Waals surface area contributed by atoms with Crippen molar-refractivity contribution in [3.8, 4) is 11.5 Å². The number of rotatable bonds is 3. The molecule has 3 heterocycles. The van der Waals surface area contributed by atoms with Gasteiger partial charge in [0, 0.05) is 18.0 Å². The highest BCUT2D eigenvalue weighted by Crippen LogP contribution is 2.35. The van der Waals surface area contributed by atoms with Gasteiger partial charge in [-0.05, 0) is 25.0 Å². The van der Waals surface area contributed by atoms with Crippen molar-refractivity contribution in [1.29, 1.82) is 0 Å². The lowest BCUT2D eigenvalue weighted by Crippen LogP contribution is -2.11. The van der Waals surface area contributed by atoms with Crippen LogP contribution in [-0.2, 0) is 0 Å². The van der Waals surface area contributed by atoms with Crippen LogP contribution >= 0.6 is 0 Å². The van der Waals surface area contributed by atoms with Crippen LogP contribution in [0.4, 0.5) is 11.6 Å². The Bertz CT molecular complexity index is 931. The van der Waals surface area contributed by atoms with Gasteiger partial charge in [0.05, 0.1) is 17.6 Å². The Morgan fingerprint density at radius 1 is 1.00 bits per heavy atom. The van der Waals surface area contributed by atoms with E-state index >= 15 is 0 Å². The van der Waals surface area contributed by atoms with Crippen molar-refractivity contribution in [1.82, 2.24) is 19.7 Å². The van der Waals surface area contributed by atoms with Crippen LogP contribution in [0.3, 0.4) is 0 Å². The van der Waals surface area contributed by atoms with E-state index in [2.05, 4.69) is 20.1 Å². The zero-order valence-corrected chi connectivity index (χ0v) is 14.5. The third-order valence-corrected chi connectivity index (χ3v) is 5.13. The molecular formula is C19H21N5O2. The topological polar surface area (TPSA) is 74.1 Å². The van der Waals surface area contributed by atoms with Gasteiger partial charge in [0.15, 0.2) is 17.1 Å². The maximum absolute atomic E-state index is 5.43. The van der Waals surface area contributed by atoms with Crippen molar-refractivity contribution in [2.75, 3.05) is 12.1 Å². The van der Waals surface area contributed by atoms with E-state index in [0.29, 0.717) is 12.0 Å². The fourth-order valence-electron chi connectivity index (χ4n) is 3.77. The molecule has 1 aliphatic carbocycles. The maximum Gasteiger partial charge on any atom is 0.231 e. The standard InChI is InChI=1S/C19H21N5O2/c1-2-4-6-15(5-3-1)24-18-13(11-21-24)10-20-19(23-18)22-14-7-8-16-17(9-14)26-12-25-16/h7-11,15H,1-6,12H2,(H,20,22,23). The van der Waals surface area contributed by atoms with Gasteiger partial charge in [-0.15, -0.1) is 0 Å². The summed E-state index contributed by atoms with van der Waals surface area (Å²) in [6.07, 6.45) is 11.2. The zero-order valence-electron chi connectivity index (χ0n) is 14.5. The second-order valence-corrected chi connectivity index (χ2v) is 6.90. The molecule has 0 unspecified atom stereocenters. The Labute approximate surface area is 151 Å². The number of benzene rings is 1. The Morgan fingerprint density at radius 2 is 1.85 bits per heavy atom. The van der Waals surface area contributed by atoms with Gasteiger partial charge in [0.1, 0.15) is 0 Å². The van der Waals surface area contributed by atoms with Crippen LogP contribution in [0.15, 0.2) is 30.6 Å². The van der Waals surface area contributed by atoms with E-state index in [0.717, 1.165) is 28.2 Å². The monoisotopic (exact) mass is 351 g/mol. The molecule has 0 amide bonds. The Kier molecular flexibility index (Phi) is 3.84. The highest BCUT2D eigenvalue weighted by atomic mass is 16.7. The van der Waals surface area contributed by atoms with E-state index in [9.17, 15) is 0 Å². The SMILES string of the molecule is c1cc2c(cc1Nc1ncc3cnn(C4CCCCCC4)c3n1)OCO2.